The number of aromatic nitrogens is 1. The van der Waals surface area contributed by atoms with Gasteiger partial charge in [-0.15, -0.1) is 0 Å². The summed E-state index contributed by atoms with van der Waals surface area (Å²) in [5.41, 5.74) is -0.259. The number of likely N-dealkylation sites (N-methyl/N-ethyl adjacent to an activating group) is 1. The highest BCUT2D eigenvalue weighted by molar-refractivity contribution is 5.78. The molecule has 2 saturated heterocycles. The number of pyridine rings is 1. The summed E-state index contributed by atoms with van der Waals surface area (Å²) >= 11 is 0. The van der Waals surface area contributed by atoms with Crippen LogP contribution in [0, 0.1) is 5.82 Å². The van der Waals surface area contributed by atoms with E-state index in [1.807, 2.05) is 23.9 Å². The molecule has 0 radical (unpaired) electrons. The minimum atomic E-state index is -0.456. The summed E-state index contributed by atoms with van der Waals surface area (Å²) < 4.78 is 25.3. The molecule has 1 atom stereocenters. The summed E-state index contributed by atoms with van der Waals surface area (Å²) in [6, 6.07) is 2.87. The van der Waals surface area contributed by atoms with Crippen LogP contribution < -0.4 is 4.74 Å². The number of carbonyl (C=O) groups is 1. The molecular weight excluding hydrogens is 313 g/mol. The van der Waals surface area contributed by atoms with E-state index in [-0.39, 0.29) is 23.5 Å². The van der Waals surface area contributed by atoms with Crippen LogP contribution in [-0.2, 0) is 9.53 Å². The summed E-state index contributed by atoms with van der Waals surface area (Å²) in [7, 11) is 3.78. The van der Waals surface area contributed by atoms with Gasteiger partial charge in [0.2, 0.25) is 5.91 Å². The normalized spacial score (nSPS) is 23.0. The highest BCUT2D eigenvalue weighted by Gasteiger charge is 2.44. The molecule has 2 aliphatic rings. The second-order valence-electron chi connectivity index (χ2n) is 6.85. The van der Waals surface area contributed by atoms with Gasteiger partial charge in [0.25, 0.3) is 5.88 Å². The van der Waals surface area contributed by atoms with Crippen molar-refractivity contribution < 1.29 is 18.7 Å². The zero-order chi connectivity index (χ0) is 17.2. The van der Waals surface area contributed by atoms with Gasteiger partial charge in [-0.25, -0.2) is 9.37 Å². The van der Waals surface area contributed by atoms with Gasteiger partial charge in [-0.1, -0.05) is 0 Å². The van der Waals surface area contributed by atoms with Crippen molar-refractivity contribution in [1.82, 2.24) is 14.8 Å². The summed E-state index contributed by atoms with van der Waals surface area (Å²) in [6.07, 6.45) is 3.60. The molecule has 132 valence electrons. The van der Waals surface area contributed by atoms with Gasteiger partial charge in [0.15, 0.2) is 5.82 Å². The highest BCUT2D eigenvalue weighted by Crippen LogP contribution is 2.37. The quantitative estimate of drug-likeness (QED) is 0.829. The Labute approximate surface area is 141 Å². The first-order valence-electron chi connectivity index (χ1n) is 8.31. The summed E-state index contributed by atoms with van der Waals surface area (Å²) in [4.78, 5) is 19.8. The van der Waals surface area contributed by atoms with Crippen LogP contribution in [0.25, 0.3) is 0 Å². The first kappa shape index (κ1) is 17.1. The molecule has 1 amide bonds. The lowest BCUT2D eigenvalue weighted by molar-refractivity contribution is -0.136. The molecule has 3 heterocycles. The van der Waals surface area contributed by atoms with Crippen molar-refractivity contribution in [2.45, 2.75) is 31.0 Å². The third-order valence-electron chi connectivity index (χ3n) is 4.66. The van der Waals surface area contributed by atoms with Crippen molar-refractivity contribution >= 4 is 5.91 Å². The Hall–Kier alpha value is -1.73. The van der Waals surface area contributed by atoms with Crippen LogP contribution >= 0.6 is 0 Å². The number of rotatable bonds is 4. The van der Waals surface area contributed by atoms with Crippen LogP contribution in [0.4, 0.5) is 4.39 Å². The van der Waals surface area contributed by atoms with Crippen LogP contribution in [0.1, 0.15) is 19.3 Å². The Kier molecular flexibility index (Phi) is 5.01. The van der Waals surface area contributed by atoms with E-state index in [0.717, 1.165) is 12.8 Å². The summed E-state index contributed by atoms with van der Waals surface area (Å²) in [6.45, 7) is 2.24. The average molecular weight is 337 g/mol. The van der Waals surface area contributed by atoms with E-state index in [0.29, 0.717) is 32.7 Å². The van der Waals surface area contributed by atoms with Gasteiger partial charge in [-0.3, -0.25) is 4.79 Å². The number of hydrogen-bond donors (Lipinski definition) is 0. The molecule has 24 heavy (non-hydrogen) atoms. The Balaban J connectivity index is 1.53. The second-order valence-corrected chi connectivity index (χ2v) is 6.85. The highest BCUT2D eigenvalue weighted by atomic mass is 19.1. The topological polar surface area (TPSA) is 54.9 Å². The van der Waals surface area contributed by atoms with E-state index in [1.54, 1.807) is 0 Å². The smallest absolute Gasteiger partial charge is 0.250 e. The largest absolute Gasteiger partial charge is 0.470 e. The molecule has 2 aliphatic heterocycles. The summed E-state index contributed by atoms with van der Waals surface area (Å²) in [5.74, 6) is -0.277. The van der Waals surface area contributed by atoms with Gasteiger partial charge in [-0.2, -0.15) is 0 Å². The van der Waals surface area contributed by atoms with Gasteiger partial charge >= 0.3 is 0 Å². The lowest BCUT2D eigenvalue weighted by Gasteiger charge is -2.38. The Morgan fingerprint density at radius 1 is 1.50 bits per heavy atom. The van der Waals surface area contributed by atoms with Gasteiger partial charge in [-0.05, 0) is 39.1 Å². The molecule has 0 aromatic carbocycles. The molecule has 0 N–H and O–H groups in total. The van der Waals surface area contributed by atoms with Crippen molar-refractivity contribution in [2.75, 3.05) is 40.3 Å². The number of hydrogen-bond acceptors (Lipinski definition) is 5. The van der Waals surface area contributed by atoms with Crippen LogP contribution in [0.2, 0.25) is 0 Å². The second kappa shape index (κ2) is 7.03. The van der Waals surface area contributed by atoms with Crippen LogP contribution in [0.5, 0.6) is 5.88 Å². The van der Waals surface area contributed by atoms with Crippen molar-refractivity contribution in [2.24, 2.45) is 0 Å². The van der Waals surface area contributed by atoms with Crippen LogP contribution in [0.15, 0.2) is 18.3 Å². The molecule has 0 bridgehead atoms. The molecular formula is C17H24FN3O3. The standard InChI is InChI=1S/C17H24FN3O3/c1-20(2)11-15(22)21-8-5-17(6-9-21)10-13(12-23-17)24-16-14(18)4-3-7-19-16/h3-4,7,13H,5-6,8-12H2,1-2H3/t13-/m1/s1. The molecule has 1 spiro atoms. The predicted molar refractivity (Wildman–Crippen MR) is 86.3 cm³/mol. The van der Waals surface area contributed by atoms with Gasteiger partial charge in [0.05, 0.1) is 18.8 Å². The van der Waals surface area contributed by atoms with Crippen molar-refractivity contribution in [3.05, 3.63) is 24.1 Å². The number of nitrogens with zero attached hydrogens (tertiary/aromatic N) is 3. The van der Waals surface area contributed by atoms with Gasteiger partial charge < -0.3 is 19.3 Å². The lowest BCUT2D eigenvalue weighted by atomic mass is 9.88. The number of amides is 1. The number of ether oxygens (including phenoxy) is 2. The maximum Gasteiger partial charge on any atom is 0.250 e. The monoisotopic (exact) mass is 337 g/mol. The molecule has 2 fully saturated rings. The van der Waals surface area contributed by atoms with E-state index in [4.69, 9.17) is 9.47 Å². The zero-order valence-electron chi connectivity index (χ0n) is 14.2. The number of carbonyl (C=O) groups excluding carboxylic acids is 1. The molecule has 3 rings (SSSR count). The fraction of sp³-hybridized carbons (Fsp3) is 0.647. The Bertz CT molecular complexity index is 588. The van der Waals surface area contributed by atoms with Crippen molar-refractivity contribution in [3.63, 3.8) is 0 Å². The molecule has 7 heteroatoms. The fourth-order valence-corrected chi connectivity index (χ4v) is 3.38. The third-order valence-corrected chi connectivity index (χ3v) is 4.66. The first-order valence-corrected chi connectivity index (χ1v) is 8.31. The first-order chi connectivity index (χ1) is 11.5. The molecule has 1 aromatic heterocycles. The van der Waals surface area contributed by atoms with E-state index in [9.17, 15) is 9.18 Å². The molecule has 1 aromatic rings. The molecule has 0 aliphatic carbocycles. The molecule has 6 nitrogen and oxygen atoms in total. The zero-order valence-corrected chi connectivity index (χ0v) is 14.2. The van der Waals surface area contributed by atoms with E-state index < -0.39 is 5.82 Å². The number of halogens is 1. The summed E-state index contributed by atoms with van der Waals surface area (Å²) in [5, 5.41) is 0. The van der Waals surface area contributed by atoms with E-state index >= 15 is 0 Å². The Morgan fingerprint density at radius 3 is 2.92 bits per heavy atom. The van der Waals surface area contributed by atoms with Crippen LogP contribution in [0.3, 0.4) is 0 Å². The minimum Gasteiger partial charge on any atom is -0.470 e. The van der Waals surface area contributed by atoms with Crippen LogP contribution in [-0.4, -0.2) is 72.7 Å². The maximum absolute atomic E-state index is 13.6. The SMILES string of the molecule is CN(C)CC(=O)N1CCC2(CC1)C[C@@H](Oc1ncccc1F)CO2. The third kappa shape index (κ3) is 3.84. The molecule has 0 unspecified atom stereocenters. The number of likely N-dealkylation sites (tertiary alicyclic amines) is 1. The van der Waals surface area contributed by atoms with Gasteiger partial charge in [0.1, 0.15) is 6.10 Å². The van der Waals surface area contributed by atoms with Gasteiger partial charge in [0, 0.05) is 25.7 Å². The lowest BCUT2D eigenvalue weighted by Crippen LogP contribution is -2.48. The predicted octanol–water partition coefficient (Wildman–Crippen LogP) is 1.31. The van der Waals surface area contributed by atoms with Crippen molar-refractivity contribution in [3.8, 4) is 5.88 Å². The minimum absolute atomic E-state index is 0.0294. The molecule has 0 saturated carbocycles. The average Bonchev–Trinajstić information content (AvgIpc) is 2.92. The van der Waals surface area contributed by atoms with E-state index in [2.05, 4.69) is 4.98 Å². The fourth-order valence-electron chi connectivity index (χ4n) is 3.38. The Morgan fingerprint density at radius 2 is 2.25 bits per heavy atom. The maximum atomic E-state index is 13.6. The van der Waals surface area contributed by atoms with E-state index in [1.165, 1.54) is 18.3 Å². The number of piperidine rings is 1. The van der Waals surface area contributed by atoms with Crippen molar-refractivity contribution in [1.29, 1.82) is 0 Å².